The fourth-order valence-electron chi connectivity index (χ4n) is 3.09. The number of carbonyl (C=O) groups excluding carboxylic acids is 3. The number of ether oxygens (including phenoxy) is 2. The van der Waals surface area contributed by atoms with Gasteiger partial charge in [0.05, 0.1) is 12.7 Å². The van der Waals surface area contributed by atoms with Crippen LogP contribution in [0.4, 0.5) is 5.69 Å². The van der Waals surface area contributed by atoms with Crippen LogP contribution < -0.4 is 10.6 Å². The van der Waals surface area contributed by atoms with Crippen molar-refractivity contribution in [3.8, 4) is 0 Å². The molecule has 1 atom stereocenters. The van der Waals surface area contributed by atoms with E-state index in [-0.39, 0.29) is 17.8 Å². The molecular weight excluding hydrogens is 372 g/mol. The average Bonchev–Trinajstić information content (AvgIpc) is 3.29. The van der Waals surface area contributed by atoms with E-state index in [4.69, 9.17) is 4.74 Å². The van der Waals surface area contributed by atoms with E-state index in [2.05, 4.69) is 15.4 Å². The van der Waals surface area contributed by atoms with Gasteiger partial charge in [-0.2, -0.15) is 0 Å². The monoisotopic (exact) mass is 396 g/mol. The van der Waals surface area contributed by atoms with Gasteiger partial charge >= 0.3 is 5.97 Å². The van der Waals surface area contributed by atoms with Crippen molar-refractivity contribution in [2.75, 3.05) is 25.6 Å². The summed E-state index contributed by atoms with van der Waals surface area (Å²) in [6.45, 7) is 1.05. The standard InChI is InChI=1S/C22H24N2O5/c1-28-22(27)16-9-7-15(8-10-16)11-12-23-20(25)17-4-2-5-18(14-17)24-21(26)19-6-3-13-29-19/h2,4-5,7-10,14,19H,3,6,11-13H2,1H3,(H,23,25)(H,24,26). The Kier molecular flexibility index (Phi) is 6.97. The van der Waals surface area contributed by atoms with Gasteiger partial charge in [-0.25, -0.2) is 4.79 Å². The maximum Gasteiger partial charge on any atom is 0.337 e. The molecule has 0 aliphatic carbocycles. The molecule has 1 aliphatic heterocycles. The summed E-state index contributed by atoms with van der Waals surface area (Å²) in [5, 5.41) is 5.66. The Hall–Kier alpha value is -3.19. The van der Waals surface area contributed by atoms with Gasteiger partial charge in [-0.3, -0.25) is 9.59 Å². The number of amides is 2. The van der Waals surface area contributed by atoms with Crippen molar-refractivity contribution in [2.24, 2.45) is 0 Å². The maximum absolute atomic E-state index is 12.4. The van der Waals surface area contributed by atoms with Gasteiger partial charge in [0.1, 0.15) is 6.10 Å². The summed E-state index contributed by atoms with van der Waals surface area (Å²) in [5.41, 5.74) is 2.52. The minimum absolute atomic E-state index is 0.185. The van der Waals surface area contributed by atoms with E-state index in [1.165, 1.54) is 7.11 Å². The molecule has 0 saturated carbocycles. The van der Waals surface area contributed by atoms with Gasteiger partial charge in [-0.15, -0.1) is 0 Å². The molecule has 1 aliphatic rings. The van der Waals surface area contributed by atoms with Crippen LogP contribution in [0.3, 0.4) is 0 Å². The molecule has 2 aromatic carbocycles. The molecule has 2 amide bonds. The fourth-order valence-corrected chi connectivity index (χ4v) is 3.09. The molecule has 1 saturated heterocycles. The van der Waals surface area contributed by atoms with E-state index in [0.717, 1.165) is 12.0 Å². The Morgan fingerprint density at radius 1 is 1.10 bits per heavy atom. The lowest BCUT2D eigenvalue weighted by Crippen LogP contribution is -2.28. The predicted molar refractivity (Wildman–Crippen MR) is 108 cm³/mol. The molecule has 1 unspecified atom stereocenters. The van der Waals surface area contributed by atoms with Crippen LogP contribution in [0.15, 0.2) is 48.5 Å². The number of rotatable bonds is 7. The van der Waals surface area contributed by atoms with Crippen LogP contribution in [0.2, 0.25) is 0 Å². The summed E-state index contributed by atoms with van der Waals surface area (Å²) in [6, 6.07) is 13.9. The second kappa shape index (κ2) is 9.84. The van der Waals surface area contributed by atoms with Crippen molar-refractivity contribution in [3.05, 3.63) is 65.2 Å². The number of anilines is 1. The van der Waals surface area contributed by atoms with Gasteiger partial charge in [-0.1, -0.05) is 18.2 Å². The lowest BCUT2D eigenvalue weighted by atomic mass is 10.1. The SMILES string of the molecule is COC(=O)c1ccc(CCNC(=O)c2cccc(NC(=O)C3CCCO3)c2)cc1. The van der Waals surface area contributed by atoms with E-state index in [9.17, 15) is 14.4 Å². The van der Waals surface area contributed by atoms with Crippen molar-refractivity contribution in [2.45, 2.75) is 25.4 Å². The number of nitrogens with one attached hydrogen (secondary N) is 2. The van der Waals surface area contributed by atoms with Crippen LogP contribution in [0.5, 0.6) is 0 Å². The van der Waals surface area contributed by atoms with Crippen LogP contribution >= 0.6 is 0 Å². The minimum atomic E-state index is -0.418. The van der Waals surface area contributed by atoms with Gasteiger partial charge in [0.25, 0.3) is 11.8 Å². The highest BCUT2D eigenvalue weighted by molar-refractivity contribution is 5.98. The van der Waals surface area contributed by atoms with Gasteiger partial charge in [-0.05, 0) is 55.2 Å². The van der Waals surface area contributed by atoms with Crippen LogP contribution in [-0.4, -0.2) is 44.1 Å². The van der Waals surface area contributed by atoms with Crippen molar-refractivity contribution in [1.82, 2.24) is 5.32 Å². The first-order valence-electron chi connectivity index (χ1n) is 9.55. The zero-order valence-electron chi connectivity index (χ0n) is 16.3. The van der Waals surface area contributed by atoms with E-state index in [0.29, 0.717) is 42.8 Å². The largest absolute Gasteiger partial charge is 0.465 e. The average molecular weight is 396 g/mol. The van der Waals surface area contributed by atoms with Crippen molar-refractivity contribution < 1.29 is 23.9 Å². The molecule has 0 radical (unpaired) electrons. The summed E-state index contributed by atoms with van der Waals surface area (Å²) < 4.78 is 10.0. The van der Waals surface area contributed by atoms with E-state index >= 15 is 0 Å². The second-order valence-corrected chi connectivity index (χ2v) is 6.77. The summed E-state index contributed by atoms with van der Waals surface area (Å²) in [5.74, 6) is -0.781. The summed E-state index contributed by atoms with van der Waals surface area (Å²) in [6.07, 6.45) is 1.80. The van der Waals surface area contributed by atoms with Crippen molar-refractivity contribution in [3.63, 3.8) is 0 Å². The molecule has 0 bridgehead atoms. The van der Waals surface area contributed by atoms with Crippen molar-refractivity contribution in [1.29, 1.82) is 0 Å². The molecule has 29 heavy (non-hydrogen) atoms. The lowest BCUT2D eigenvalue weighted by Gasteiger charge is -2.11. The third-order valence-electron chi connectivity index (χ3n) is 4.69. The van der Waals surface area contributed by atoms with Crippen LogP contribution in [0, 0.1) is 0 Å². The molecule has 1 fully saturated rings. The molecule has 0 spiro atoms. The smallest absolute Gasteiger partial charge is 0.337 e. The van der Waals surface area contributed by atoms with Crippen LogP contribution in [0.1, 0.15) is 39.1 Å². The highest BCUT2D eigenvalue weighted by Crippen LogP contribution is 2.16. The first kappa shape index (κ1) is 20.5. The Labute approximate surface area is 169 Å². The number of esters is 1. The highest BCUT2D eigenvalue weighted by atomic mass is 16.5. The van der Waals surface area contributed by atoms with Gasteiger partial charge < -0.3 is 20.1 Å². The molecule has 2 N–H and O–H groups in total. The molecule has 0 aromatic heterocycles. The zero-order valence-corrected chi connectivity index (χ0v) is 16.3. The highest BCUT2D eigenvalue weighted by Gasteiger charge is 2.23. The third-order valence-corrected chi connectivity index (χ3v) is 4.69. The third kappa shape index (κ3) is 5.65. The molecule has 7 nitrogen and oxygen atoms in total. The van der Waals surface area contributed by atoms with Crippen molar-refractivity contribution >= 4 is 23.5 Å². The normalized spacial score (nSPS) is 15.6. The minimum Gasteiger partial charge on any atom is -0.465 e. The van der Waals surface area contributed by atoms with Crippen LogP contribution in [0.25, 0.3) is 0 Å². The topological polar surface area (TPSA) is 93.7 Å². The Morgan fingerprint density at radius 3 is 2.59 bits per heavy atom. The van der Waals surface area contributed by atoms with Gasteiger partial charge in [0, 0.05) is 24.4 Å². The Bertz CT molecular complexity index is 873. The Balaban J connectivity index is 1.50. The van der Waals surface area contributed by atoms with Gasteiger partial charge in [0.2, 0.25) is 0 Å². The molecule has 3 rings (SSSR count). The quantitative estimate of drug-likeness (QED) is 0.702. The zero-order chi connectivity index (χ0) is 20.6. The fraction of sp³-hybridized carbons (Fsp3) is 0.318. The summed E-state index contributed by atoms with van der Waals surface area (Å²) in [7, 11) is 1.34. The van der Waals surface area contributed by atoms with E-state index in [1.54, 1.807) is 36.4 Å². The lowest BCUT2D eigenvalue weighted by molar-refractivity contribution is -0.124. The molecule has 2 aromatic rings. The van der Waals surface area contributed by atoms with E-state index < -0.39 is 6.10 Å². The molecular formula is C22H24N2O5. The number of hydrogen-bond acceptors (Lipinski definition) is 5. The number of carbonyl (C=O) groups is 3. The summed E-state index contributed by atoms with van der Waals surface area (Å²) >= 11 is 0. The van der Waals surface area contributed by atoms with Crippen LogP contribution in [-0.2, 0) is 20.7 Å². The number of hydrogen-bond donors (Lipinski definition) is 2. The second-order valence-electron chi connectivity index (χ2n) is 6.77. The molecule has 152 valence electrons. The predicted octanol–water partition coefficient (Wildman–Crippen LogP) is 2.56. The number of methoxy groups -OCH3 is 1. The first-order valence-corrected chi connectivity index (χ1v) is 9.55. The van der Waals surface area contributed by atoms with Gasteiger partial charge in [0.15, 0.2) is 0 Å². The maximum atomic E-state index is 12.4. The van der Waals surface area contributed by atoms with E-state index in [1.807, 2.05) is 12.1 Å². The summed E-state index contributed by atoms with van der Waals surface area (Å²) in [4.78, 5) is 36.0. The Morgan fingerprint density at radius 2 is 1.90 bits per heavy atom. The first-order chi connectivity index (χ1) is 14.1. The number of benzene rings is 2. The molecule has 1 heterocycles. The molecule has 7 heteroatoms.